The molecule has 2 nitrogen and oxygen atoms in total. The van der Waals surface area contributed by atoms with E-state index in [9.17, 15) is 0 Å². The predicted octanol–water partition coefficient (Wildman–Crippen LogP) is 3.16. The zero-order chi connectivity index (χ0) is 9.92. The second-order valence-corrected chi connectivity index (χ2v) is 5.15. The molecule has 0 fully saturated rings. The largest absolute Gasteiger partial charge is 0.478 e. The van der Waals surface area contributed by atoms with Gasteiger partial charge in [-0.25, -0.2) is 0 Å². The highest BCUT2D eigenvalue weighted by molar-refractivity contribution is 14.1. The number of rotatable bonds is 0. The van der Waals surface area contributed by atoms with Crippen molar-refractivity contribution < 1.29 is 9.47 Å². The number of hydrogen-bond acceptors (Lipinski definition) is 2. The third-order valence-corrected chi connectivity index (χ3v) is 3.33. The second-order valence-electron chi connectivity index (χ2n) is 3.99. The van der Waals surface area contributed by atoms with Crippen LogP contribution in [0, 0.1) is 3.57 Å². The van der Waals surface area contributed by atoms with Gasteiger partial charge in [0.15, 0.2) is 17.1 Å². The van der Waals surface area contributed by atoms with E-state index < -0.39 is 0 Å². The minimum atomic E-state index is -0.302. The SMILES string of the molecule is CC1(C)Oc2c(I)cccc2C2=C1O2. The molecule has 14 heavy (non-hydrogen) atoms. The van der Waals surface area contributed by atoms with E-state index in [1.165, 1.54) is 0 Å². The first-order chi connectivity index (χ1) is 6.59. The molecule has 0 saturated heterocycles. The van der Waals surface area contributed by atoms with Crippen LogP contribution >= 0.6 is 22.6 Å². The lowest BCUT2D eigenvalue weighted by molar-refractivity contribution is 0.128. The topological polar surface area (TPSA) is 21.8 Å². The van der Waals surface area contributed by atoms with Crippen molar-refractivity contribution >= 4 is 28.4 Å². The van der Waals surface area contributed by atoms with Gasteiger partial charge in [-0.3, -0.25) is 0 Å². The van der Waals surface area contributed by atoms with Crippen LogP contribution in [0.25, 0.3) is 5.76 Å². The van der Waals surface area contributed by atoms with E-state index in [0.717, 1.165) is 26.4 Å². The summed E-state index contributed by atoms with van der Waals surface area (Å²) in [6.45, 7) is 4.06. The Kier molecular flexibility index (Phi) is 1.50. The highest BCUT2D eigenvalue weighted by Gasteiger charge is 2.47. The first-order valence-corrected chi connectivity index (χ1v) is 5.58. The molecule has 1 aromatic rings. The molecule has 2 heterocycles. The van der Waals surface area contributed by atoms with Gasteiger partial charge in [0.05, 0.1) is 9.13 Å². The Hall–Kier alpha value is -0.710. The van der Waals surface area contributed by atoms with Crippen molar-refractivity contribution in [2.45, 2.75) is 19.4 Å². The van der Waals surface area contributed by atoms with Crippen LogP contribution in [0.2, 0.25) is 0 Å². The summed E-state index contributed by atoms with van der Waals surface area (Å²) < 4.78 is 12.5. The number of fused-ring (bicyclic) bond motifs is 2. The van der Waals surface area contributed by atoms with E-state index in [2.05, 4.69) is 22.6 Å². The molecule has 0 radical (unpaired) electrons. The summed E-state index contributed by atoms with van der Waals surface area (Å²) in [6, 6.07) is 6.10. The molecule has 0 amide bonds. The Bertz CT molecular complexity index is 460. The summed E-state index contributed by atoms with van der Waals surface area (Å²) >= 11 is 2.29. The van der Waals surface area contributed by atoms with Crippen LogP contribution in [0.15, 0.2) is 24.0 Å². The zero-order valence-electron chi connectivity index (χ0n) is 7.93. The summed E-state index contributed by atoms with van der Waals surface area (Å²) in [5.41, 5.74) is 0.787. The van der Waals surface area contributed by atoms with Crippen LogP contribution in [-0.4, -0.2) is 5.60 Å². The van der Waals surface area contributed by atoms with Crippen molar-refractivity contribution in [1.82, 2.24) is 0 Å². The average molecular weight is 300 g/mol. The Morgan fingerprint density at radius 2 is 2.07 bits per heavy atom. The summed E-state index contributed by atoms with van der Waals surface area (Å²) in [5, 5.41) is 0. The normalized spacial score (nSPS) is 20.5. The van der Waals surface area contributed by atoms with Crippen LogP contribution < -0.4 is 4.74 Å². The van der Waals surface area contributed by atoms with Crippen molar-refractivity contribution in [3.05, 3.63) is 33.1 Å². The van der Waals surface area contributed by atoms with Gasteiger partial charge < -0.3 is 9.47 Å². The molecule has 0 aromatic heterocycles. The van der Waals surface area contributed by atoms with E-state index in [1.807, 2.05) is 32.0 Å². The highest BCUT2D eigenvalue weighted by atomic mass is 127. The quantitative estimate of drug-likeness (QED) is 0.687. The first-order valence-electron chi connectivity index (χ1n) is 4.50. The monoisotopic (exact) mass is 300 g/mol. The minimum absolute atomic E-state index is 0.302. The van der Waals surface area contributed by atoms with Gasteiger partial charge in [0.25, 0.3) is 0 Å². The van der Waals surface area contributed by atoms with E-state index >= 15 is 0 Å². The van der Waals surface area contributed by atoms with Crippen molar-refractivity contribution in [2.75, 3.05) is 0 Å². The molecule has 0 N–H and O–H groups in total. The van der Waals surface area contributed by atoms with Crippen LogP contribution in [0.3, 0.4) is 0 Å². The second kappa shape index (κ2) is 2.45. The van der Waals surface area contributed by atoms with Gasteiger partial charge in [-0.1, -0.05) is 6.07 Å². The minimum Gasteiger partial charge on any atom is -0.478 e. The molecule has 1 aromatic carbocycles. The molecule has 2 aliphatic heterocycles. The molecule has 0 aliphatic carbocycles. The van der Waals surface area contributed by atoms with Gasteiger partial charge in [-0.2, -0.15) is 0 Å². The average Bonchev–Trinajstić information content (AvgIpc) is 2.87. The molecule has 72 valence electrons. The lowest BCUT2D eigenvalue weighted by atomic mass is 10.0. The van der Waals surface area contributed by atoms with Crippen molar-refractivity contribution in [1.29, 1.82) is 0 Å². The van der Waals surface area contributed by atoms with Gasteiger partial charge in [0.1, 0.15) is 5.75 Å². The molecule has 3 heteroatoms. The molecule has 0 saturated carbocycles. The van der Waals surface area contributed by atoms with Crippen molar-refractivity contribution in [2.24, 2.45) is 0 Å². The summed E-state index contributed by atoms with van der Waals surface area (Å²) in [7, 11) is 0. The summed E-state index contributed by atoms with van der Waals surface area (Å²) in [4.78, 5) is 0. The van der Waals surface area contributed by atoms with E-state index in [0.29, 0.717) is 0 Å². The van der Waals surface area contributed by atoms with Crippen molar-refractivity contribution in [3.8, 4) is 5.75 Å². The van der Waals surface area contributed by atoms with Gasteiger partial charge >= 0.3 is 0 Å². The lowest BCUT2D eigenvalue weighted by Crippen LogP contribution is -2.29. The van der Waals surface area contributed by atoms with Gasteiger partial charge in [0.2, 0.25) is 0 Å². The molecule has 2 aliphatic rings. The van der Waals surface area contributed by atoms with Crippen LogP contribution in [0.5, 0.6) is 5.75 Å². The zero-order valence-corrected chi connectivity index (χ0v) is 10.1. The third-order valence-electron chi connectivity index (χ3n) is 2.48. The number of para-hydroxylation sites is 1. The van der Waals surface area contributed by atoms with Gasteiger partial charge in [0, 0.05) is 0 Å². The first kappa shape index (κ1) is 8.59. The summed E-state index contributed by atoms with van der Waals surface area (Å²) in [5.74, 6) is 2.94. The fourth-order valence-corrected chi connectivity index (χ4v) is 2.35. The maximum absolute atomic E-state index is 5.91. The molecule has 0 atom stereocenters. The van der Waals surface area contributed by atoms with Crippen molar-refractivity contribution in [3.63, 3.8) is 0 Å². The predicted molar refractivity (Wildman–Crippen MR) is 61.9 cm³/mol. The molecule has 3 rings (SSSR count). The maximum atomic E-state index is 5.91. The standard InChI is InChI=1S/C11H9IO2/c1-11(2)10-9(13-10)6-4-3-5-7(12)8(6)14-11/h3-5H,1-2H3. The number of halogens is 1. The molecule has 0 unspecified atom stereocenters. The fraction of sp³-hybridized carbons (Fsp3) is 0.273. The highest BCUT2D eigenvalue weighted by Crippen LogP contribution is 2.52. The molecular weight excluding hydrogens is 291 g/mol. The van der Waals surface area contributed by atoms with Gasteiger partial charge in [-0.15, -0.1) is 0 Å². The Morgan fingerprint density at radius 3 is 2.86 bits per heavy atom. The van der Waals surface area contributed by atoms with E-state index in [4.69, 9.17) is 9.47 Å². The molecule has 0 bridgehead atoms. The molecular formula is C11H9IO2. The Balaban J connectivity index is 2.24. The van der Waals surface area contributed by atoms with E-state index in [-0.39, 0.29) is 5.60 Å². The fourth-order valence-electron chi connectivity index (χ4n) is 1.74. The smallest absolute Gasteiger partial charge is 0.190 e. The van der Waals surface area contributed by atoms with Crippen LogP contribution in [0.4, 0.5) is 0 Å². The van der Waals surface area contributed by atoms with Crippen LogP contribution in [-0.2, 0) is 4.74 Å². The number of hydrogen-bond donors (Lipinski definition) is 0. The van der Waals surface area contributed by atoms with Crippen LogP contribution in [0.1, 0.15) is 19.4 Å². The third kappa shape index (κ3) is 1.02. The lowest BCUT2D eigenvalue weighted by Gasteiger charge is -2.24. The Morgan fingerprint density at radius 1 is 1.29 bits per heavy atom. The maximum Gasteiger partial charge on any atom is 0.190 e. The number of ether oxygens (including phenoxy) is 2. The summed E-state index contributed by atoms with van der Waals surface area (Å²) in [6.07, 6.45) is 0. The molecule has 0 spiro atoms. The van der Waals surface area contributed by atoms with E-state index in [1.54, 1.807) is 0 Å². The Labute approximate surface area is 96.0 Å². The van der Waals surface area contributed by atoms with Gasteiger partial charge in [-0.05, 0) is 48.6 Å². The number of benzene rings is 1.